The van der Waals surface area contributed by atoms with Crippen LogP contribution in [0.15, 0.2) is 79.0 Å². The van der Waals surface area contributed by atoms with Gasteiger partial charge in [-0.3, -0.25) is 10.1 Å². The Labute approximate surface area is 562 Å². The summed E-state index contributed by atoms with van der Waals surface area (Å²) in [7, 11) is 0. The van der Waals surface area contributed by atoms with Crippen molar-refractivity contribution in [2.24, 2.45) is 11.5 Å². The van der Waals surface area contributed by atoms with Gasteiger partial charge in [-0.1, -0.05) is 121 Å². The Balaban J connectivity index is 0.000000606. The Morgan fingerprint density at radius 1 is 0.581 bits per heavy atom. The number of aryl methyl sites for hydroxylation is 3. The van der Waals surface area contributed by atoms with E-state index in [1.54, 1.807) is 24.3 Å². The molecule has 93 heavy (non-hydrogen) atoms. The zero-order valence-corrected chi connectivity index (χ0v) is 57.1. The van der Waals surface area contributed by atoms with Crippen molar-refractivity contribution in [3.8, 4) is 0 Å². The lowest BCUT2D eigenvalue weighted by molar-refractivity contribution is -0.384. The molecule has 0 saturated carbocycles. The number of halogens is 2. The number of imidazole rings is 2. The number of para-hydroxylation sites is 3. The van der Waals surface area contributed by atoms with Crippen LogP contribution in [-0.4, -0.2) is 114 Å². The molecule has 8 aromatic rings. The summed E-state index contributed by atoms with van der Waals surface area (Å²) in [6.07, 6.45) is 11.4. The number of nitrogen functional groups attached to an aromatic ring is 2. The second-order valence-electron chi connectivity index (χ2n) is 22.9. The Morgan fingerprint density at radius 3 is 1.41 bits per heavy atom. The number of alkyl carbamates (subject to hydrolysis) is 2. The van der Waals surface area contributed by atoms with Crippen molar-refractivity contribution in [2.45, 2.75) is 199 Å². The van der Waals surface area contributed by atoms with Crippen LogP contribution in [0.5, 0.6) is 0 Å². The van der Waals surface area contributed by atoms with Crippen LogP contribution in [0.25, 0.3) is 54.8 Å². The molecule has 0 aliphatic carbocycles. The summed E-state index contributed by atoms with van der Waals surface area (Å²) in [6, 6.07) is 23.1. The number of hydrogen-bond donors (Lipinski definition) is 6. The highest BCUT2D eigenvalue weighted by Crippen LogP contribution is 2.33. The van der Waals surface area contributed by atoms with Gasteiger partial charge < -0.3 is 66.4 Å². The lowest BCUT2D eigenvalue weighted by atomic mass is 10.2. The molecule has 0 spiro atoms. The predicted molar refractivity (Wildman–Crippen MR) is 383 cm³/mol. The fourth-order valence-corrected chi connectivity index (χ4v) is 9.76. The number of aromatic nitrogens is 7. The highest BCUT2D eigenvalue weighted by atomic mass is 35.5. The van der Waals surface area contributed by atoms with E-state index in [1.165, 1.54) is 6.20 Å². The number of carbonyl (C=O) groups excluding carboxylic acids is 2. The van der Waals surface area contributed by atoms with Gasteiger partial charge >= 0.3 is 17.9 Å². The first kappa shape index (κ1) is 83.8. The lowest BCUT2D eigenvalue weighted by Crippen LogP contribution is -2.39. The number of fused-ring (bicyclic) bond motifs is 7. The highest BCUT2D eigenvalue weighted by molar-refractivity contribution is 6.37. The van der Waals surface area contributed by atoms with E-state index in [9.17, 15) is 19.7 Å². The number of rotatable bonds is 25. The van der Waals surface area contributed by atoms with Gasteiger partial charge in [-0.05, 0) is 113 Å². The number of pyridine rings is 3. The Bertz CT molecular complexity index is 3500. The average Bonchev–Trinajstić information content (AvgIpc) is 1.65. The molecule has 0 bridgehead atoms. The molecule has 3 aromatic carbocycles. The van der Waals surface area contributed by atoms with Gasteiger partial charge in [0.15, 0.2) is 11.6 Å². The quantitative estimate of drug-likeness (QED) is 0.0134. The van der Waals surface area contributed by atoms with Crippen LogP contribution in [0.4, 0.5) is 26.9 Å². The third-order valence-corrected chi connectivity index (χ3v) is 13.7. The molecule has 23 nitrogen and oxygen atoms in total. The minimum absolute atomic E-state index is 0. The van der Waals surface area contributed by atoms with E-state index in [0.29, 0.717) is 68.5 Å². The summed E-state index contributed by atoms with van der Waals surface area (Å²) in [5.74, 6) is 2.29. The van der Waals surface area contributed by atoms with Gasteiger partial charge in [0, 0.05) is 94.5 Å². The molecule has 25 heteroatoms. The van der Waals surface area contributed by atoms with E-state index in [4.69, 9.17) is 68.2 Å². The van der Waals surface area contributed by atoms with Gasteiger partial charge in [0.25, 0.3) is 5.97 Å². The Hall–Kier alpha value is -7.25. The summed E-state index contributed by atoms with van der Waals surface area (Å²) in [5.41, 5.74) is 28.4. The highest BCUT2D eigenvalue weighted by Gasteiger charge is 2.31. The van der Waals surface area contributed by atoms with Crippen molar-refractivity contribution in [1.82, 2.24) is 44.7 Å². The second-order valence-corrected chi connectivity index (χ2v) is 23.3. The van der Waals surface area contributed by atoms with Gasteiger partial charge in [-0.25, -0.2) is 34.5 Å². The van der Waals surface area contributed by atoms with Gasteiger partial charge in [-0.15, -0.1) is 12.4 Å². The number of unbranched alkanes of at least 4 members (excludes halogenated alkanes) is 4. The van der Waals surface area contributed by atoms with Crippen LogP contribution >= 0.6 is 24.0 Å². The van der Waals surface area contributed by atoms with Gasteiger partial charge in [0.2, 0.25) is 0 Å². The first-order valence-electron chi connectivity index (χ1n) is 31.5. The largest absolute Gasteiger partial charge is 0.444 e. The van der Waals surface area contributed by atoms with Crippen molar-refractivity contribution < 1.29 is 38.2 Å². The molecule has 0 unspecified atom stereocenters. The zero-order chi connectivity index (χ0) is 66.4. The van der Waals surface area contributed by atoms with Crippen molar-refractivity contribution in [2.75, 3.05) is 57.5 Å². The molecule has 8 rings (SSSR count). The number of hydrogen-bond acceptors (Lipinski definition) is 18. The van der Waals surface area contributed by atoms with Crippen LogP contribution in [0.1, 0.15) is 167 Å². The zero-order valence-electron chi connectivity index (χ0n) is 55.5. The molecule has 518 valence electrons. The molecule has 5 aromatic heterocycles. The van der Waals surface area contributed by atoms with E-state index in [0.717, 1.165) is 139 Å². The summed E-state index contributed by atoms with van der Waals surface area (Å²) in [4.78, 5) is 55.2. The van der Waals surface area contributed by atoms with Crippen LogP contribution in [0, 0.1) is 10.1 Å². The topological polar surface area (TPSA) is 326 Å². The number of ether oxygens (including phenoxy) is 5. The van der Waals surface area contributed by atoms with E-state index in [2.05, 4.69) is 67.6 Å². The maximum absolute atomic E-state index is 11.8. The number of benzene rings is 3. The molecule has 10 N–H and O–H groups in total. The first-order valence-corrected chi connectivity index (χ1v) is 31.8. The summed E-state index contributed by atoms with van der Waals surface area (Å²) in [6.45, 7) is 28.9. The molecule has 0 fully saturated rings. The van der Waals surface area contributed by atoms with Crippen molar-refractivity contribution in [3.05, 3.63) is 106 Å². The maximum atomic E-state index is 11.8. The number of anilines is 2. The third kappa shape index (κ3) is 26.2. The van der Waals surface area contributed by atoms with E-state index < -0.39 is 28.2 Å². The molecule has 0 aliphatic heterocycles. The van der Waals surface area contributed by atoms with E-state index in [-0.39, 0.29) is 44.1 Å². The number of nitro groups is 1. The minimum Gasteiger partial charge on any atom is -0.444 e. The monoisotopic (exact) mass is 1330 g/mol. The predicted octanol–water partition coefficient (Wildman–Crippen LogP) is 15.2. The fourth-order valence-electron chi connectivity index (χ4n) is 9.48. The molecule has 0 saturated heterocycles. The first-order chi connectivity index (χ1) is 43.0. The van der Waals surface area contributed by atoms with Crippen molar-refractivity contribution in [1.29, 1.82) is 0 Å². The molecular weight excluding hydrogens is 1230 g/mol. The Kier molecular flexibility index (Phi) is 38.0. The summed E-state index contributed by atoms with van der Waals surface area (Å²) >= 11 is 5.85. The van der Waals surface area contributed by atoms with Gasteiger partial charge in [-0.2, -0.15) is 0 Å². The molecule has 5 heterocycles. The SMILES string of the molecule is C.C.CC(C)(C)OC(=O)NCCN.CCCCC(OCC)(OCC)OCC.CCCCc1nc2c(N)nc3ccccc3c2n1CCCCNC(=O)OC(C)(C)C.CCCCc1nc2c(N)nc3ccccc3c2n1CCN.Cl.O=[N+]([O-])c1cnc2ccccc2c1Cl. The molecule has 0 atom stereocenters. The average molecular weight is 1340 g/mol. The van der Waals surface area contributed by atoms with Crippen molar-refractivity contribution in [3.63, 3.8) is 0 Å². The Morgan fingerprint density at radius 2 is 1.00 bits per heavy atom. The third-order valence-electron chi connectivity index (χ3n) is 13.3. The normalized spacial score (nSPS) is 11.1. The summed E-state index contributed by atoms with van der Waals surface area (Å²) in [5, 5.41) is 18.8. The number of carbonyl (C=O) groups is 2. The van der Waals surface area contributed by atoms with Gasteiger partial charge in [0.05, 0.1) is 32.5 Å². The van der Waals surface area contributed by atoms with Crippen LogP contribution in [-0.2, 0) is 49.6 Å². The van der Waals surface area contributed by atoms with Crippen LogP contribution < -0.4 is 33.6 Å². The van der Waals surface area contributed by atoms with Gasteiger partial charge in [0.1, 0.15) is 45.1 Å². The number of nitrogens with two attached hydrogens (primary N) is 4. The molecular formula is C68H108Cl2N14O9. The maximum Gasteiger partial charge on any atom is 0.407 e. The van der Waals surface area contributed by atoms with Crippen LogP contribution in [0.3, 0.4) is 0 Å². The molecule has 0 radical (unpaired) electrons. The standard InChI is InChI=1S/C23H33N5O2.C16H21N5.C11H24O3.C9H5ClN2O2.C7H16N2O2.2CH4.ClH/c1-5-6-13-18-27-19-20(16-11-7-8-12-17(16)26-21(19)24)28(18)15-10-9-14-25-22(29)30-23(2,3)4;1-2-3-8-13-20-14-15(21(13)10-9-17)11-6-4-5-7-12(11)19-16(14)18;1-5-9-10-11(12-6-2,13-7-3)14-8-4;10-9-6-3-1-2-4-7(6)11-5-8(9)12(13)14;1-7(2,3)11-6(10)9-5-4-8;;;/h7-8,11-12H,5-6,9-10,13-15H2,1-4H3,(H2,24,26)(H,25,29);4-7H,2-3,8-10,17H2,1H3,(H2,18,19);5-10H2,1-4H3;1-5H;4-5,8H2,1-3H3,(H,9,10);2*1H4;1H. The number of nitrogens with zero attached hydrogens (tertiary/aromatic N) is 8. The molecule has 0 aliphatic rings. The fraction of sp³-hybridized carbons (Fsp3) is 0.544. The lowest BCUT2D eigenvalue weighted by Gasteiger charge is -2.32. The molecule has 2 amide bonds. The number of nitrogens with one attached hydrogen (secondary N) is 2. The van der Waals surface area contributed by atoms with Crippen molar-refractivity contribution >= 4 is 108 Å². The van der Waals surface area contributed by atoms with E-state index >= 15 is 0 Å². The van der Waals surface area contributed by atoms with Crippen LogP contribution in [0.2, 0.25) is 5.02 Å². The number of amides is 2. The smallest absolute Gasteiger partial charge is 0.407 e. The second kappa shape index (κ2) is 42.2. The van der Waals surface area contributed by atoms with E-state index in [1.807, 2.05) is 98.7 Å². The summed E-state index contributed by atoms with van der Waals surface area (Å²) < 4.78 is 31.4. The minimum atomic E-state index is -0.797.